The molecule has 2 rings (SSSR count). The summed E-state index contributed by atoms with van der Waals surface area (Å²) in [5, 5.41) is 0. The van der Waals surface area contributed by atoms with Gasteiger partial charge in [-0.25, -0.2) is 4.68 Å². The second-order valence-electron chi connectivity index (χ2n) is 5.70. The fraction of sp³-hybridized carbons (Fsp3) is 0.500. The van der Waals surface area contributed by atoms with Gasteiger partial charge in [-0.05, 0) is 31.9 Å². The third kappa shape index (κ3) is 3.46. The van der Waals surface area contributed by atoms with Crippen LogP contribution in [0.3, 0.4) is 0 Å². The van der Waals surface area contributed by atoms with E-state index in [9.17, 15) is 4.79 Å². The molecule has 2 aromatic rings. The van der Waals surface area contributed by atoms with Crippen molar-refractivity contribution >= 4 is 0 Å². The van der Waals surface area contributed by atoms with Gasteiger partial charge in [-0.15, -0.1) is 0 Å². The third-order valence-corrected chi connectivity index (χ3v) is 4.20. The van der Waals surface area contributed by atoms with E-state index < -0.39 is 0 Å². The summed E-state index contributed by atoms with van der Waals surface area (Å²) in [4.78, 5) is 12.7. The summed E-state index contributed by atoms with van der Waals surface area (Å²) in [7, 11) is 1.96. The second kappa shape index (κ2) is 7.30. The van der Waals surface area contributed by atoms with E-state index in [2.05, 4.69) is 6.92 Å². The molecule has 21 heavy (non-hydrogen) atoms. The van der Waals surface area contributed by atoms with Crippen LogP contribution in [0.5, 0.6) is 0 Å². The highest BCUT2D eigenvalue weighted by Crippen LogP contribution is 2.13. The second-order valence-corrected chi connectivity index (χ2v) is 5.70. The average molecular weight is 286 g/mol. The molecule has 1 heterocycles. The Kier molecular flexibility index (Phi) is 5.43. The minimum absolute atomic E-state index is 0.136. The van der Waals surface area contributed by atoms with Crippen LogP contribution in [-0.2, 0) is 13.5 Å². The standard InChI is InChI=1S/C18H26N2O/c1-4-5-6-7-11-14-17-15(2)19(3)20(18(17)21)16-12-9-8-10-13-16/h8-10,12-13H,4-7,11,14H2,1-3H3. The zero-order valence-corrected chi connectivity index (χ0v) is 13.4. The van der Waals surface area contributed by atoms with E-state index in [1.807, 2.05) is 49.0 Å². The predicted molar refractivity (Wildman–Crippen MR) is 88.2 cm³/mol. The Bertz CT molecular complexity index is 623. The molecule has 0 amide bonds. The van der Waals surface area contributed by atoms with Gasteiger partial charge in [0.25, 0.3) is 5.56 Å². The fourth-order valence-electron chi connectivity index (χ4n) is 2.82. The summed E-state index contributed by atoms with van der Waals surface area (Å²) in [6.07, 6.45) is 7.03. The summed E-state index contributed by atoms with van der Waals surface area (Å²) in [6.45, 7) is 4.27. The van der Waals surface area contributed by atoms with Crippen molar-refractivity contribution in [3.05, 3.63) is 51.9 Å². The van der Waals surface area contributed by atoms with Gasteiger partial charge >= 0.3 is 0 Å². The van der Waals surface area contributed by atoms with Crippen molar-refractivity contribution < 1.29 is 0 Å². The van der Waals surface area contributed by atoms with Crippen LogP contribution in [0.2, 0.25) is 0 Å². The first-order valence-corrected chi connectivity index (χ1v) is 7.99. The van der Waals surface area contributed by atoms with Crippen molar-refractivity contribution in [2.24, 2.45) is 7.05 Å². The van der Waals surface area contributed by atoms with Crippen molar-refractivity contribution in [2.45, 2.75) is 52.4 Å². The highest BCUT2D eigenvalue weighted by molar-refractivity contribution is 5.33. The van der Waals surface area contributed by atoms with Crippen LogP contribution in [0.15, 0.2) is 35.1 Å². The molecular formula is C18H26N2O. The minimum Gasteiger partial charge on any atom is -0.285 e. The van der Waals surface area contributed by atoms with E-state index in [1.165, 1.54) is 25.7 Å². The minimum atomic E-state index is 0.136. The molecule has 0 saturated heterocycles. The van der Waals surface area contributed by atoms with Crippen LogP contribution in [-0.4, -0.2) is 9.36 Å². The average Bonchev–Trinajstić information content (AvgIpc) is 2.71. The zero-order chi connectivity index (χ0) is 15.2. The van der Waals surface area contributed by atoms with Gasteiger partial charge in [0.05, 0.1) is 5.69 Å². The summed E-state index contributed by atoms with van der Waals surface area (Å²) in [6, 6.07) is 9.86. The number of hydrogen-bond donors (Lipinski definition) is 0. The van der Waals surface area contributed by atoms with E-state index in [0.29, 0.717) is 0 Å². The zero-order valence-electron chi connectivity index (χ0n) is 13.4. The lowest BCUT2D eigenvalue weighted by Gasteiger charge is -2.07. The fourth-order valence-corrected chi connectivity index (χ4v) is 2.82. The summed E-state index contributed by atoms with van der Waals surface area (Å²) < 4.78 is 3.75. The third-order valence-electron chi connectivity index (χ3n) is 4.20. The molecular weight excluding hydrogens is 260 g/mol. The summed E-state index contributed by atoms with van der Waals surface area (Å²) in [5.41, 5.74) is 3.12. The van der Waals surface area contributed by atoms with E-state index in [1.54, 1.807) is 4.68 Å². The Hall–Kier alpha value is -1.77. The SMILES string of the molecule is CCCCCCCc1c(C)n(C)n(-c2ccccc2)c1=O. The van der Waals surface area contributed by atoms with E-state index in [0.717, 1.165) is 29.8 Å². The number of rotatable bonds is 7. The molecule has 0 spiro atoms. The largest absolute Gasteiger partial charge is 0.285 e. The summed E-state index contributed by atoms with van der Waals surface area (Å²) >= 11 is 0. The van der Waals surface area contributed by atoms with Crippen LogP contribution in [0.1, 0.15) is 50.3 Å². The highest BCUT2D eigenvalue weighted by atomic mass is 16.1. The van der Waals surface area contributed by atoms with Crippen molar-refractivity contribution in [1.82, 2.24) is 9.36 Å². The first-order valence-electron chi connectivity index (χ1n) is 7.99. The van der Waals surface area contributed by atoms with Gasteiger partial charge in [0.1, 0.15) is 0 Å². The quantitative estimate of drug-likeness (QED) is 0.707. The lowest BCUT2D eigenvalue weighted by atomic mass is 10.1. The molecule has 0 aliphatic carbocycles. The molecule has 114 valence electrons. The van der Waals surface area contributed by atoms with Crippen molar-refractivity contribution in [3.63, 3.8) is 0 Å². The van der Waals surface area contributed by atoms with Crippen LogP contribution in [0.4, 0.5) is 0 Å². The summed E-state index contributed by atoms with van der Waals surface area (Å²) in [5.74, 6) is 0. The van der Waals surface area contributed by atoms with Gasteiger partial charge in [0.15, 0.2) is 0 Å². The van der Waals surface area contributed by atoms with Crippen LogP contribution >= 0.6 is 0 Å². The van der Waals surface area contributed by atoms with E-state index >= 15 is 0 Å². The van der Waals surface area contributed by atoms with Gasteiger partial charge < -0.3 is 0 Å². The van der Waals surface area contributed by atoms with Gasteiger partial charge in [0.2, 0.25) is 0 Å². The normalized spacial score (nSPS) is 11.0. The molecule has 0 aliphatic heterocycles. The first kappa shape index (κ1) is 15.6. The van der Waals surface area contributed by atoms with Crippen molar-refractivity contribution in [2.75, 3.05) is 0 Å². The maximum absolute atomic E-state index is 12.7. The molecule has 1 aromatic heterocycles. The lowest BCUT2D eigenvalue weighted by molar-refractivity contribution is 0.628. The molecule has 0 fully saturated rings. The number of aromatic nitrogens is 2. The van der Waals surface area contributed by atoms with E-state index in [-0.39, 0.29) is 5.56 Å². The topological polar surface area (TPSA) is 26.9 Å². The number of para-hydroxylation sites is 1. The maximum atomic E-state index is 12.7. The van der Waals surface area contributed by atoms with E-state index in [4.69, 9.17) is 0 Å². The van der Waals surface area contributed by atoms with Gasteiger partial charge in [-0.2, -0.15) is 0 Å². The Balaban J connectivity index is 2.19. The number of benzene rings is 1. The Morgan fingerprint density at radius 3 is 2.33 bits per heavy atom. The maximum Gasteiger partial charge on any atom is 0.274 e. The van der Waals surface area contributed by atoms with Gasteiger partial charge in [-0.1, -0.05) is 50.8 Å². The number of nitrogens with zero attached hydrogens (tertiary/aromatic N) is 2. The molecule has 0 aliphatic rings. The van der Waals surface area contributed by atoms with Crippen molar-refractivity contribution in [1.29, 1.82) is 0 Å². The number of hydrogen-bond acceptors (Lipinski definition) is 1. The Morgan fingerprint density at radius 2 is 1.67 bits per heavy atom. The van der Waals surface area contributed by atoms with Crippen LogP contribution in [0, 0.1) is 6.92 Å². The molecule has 0 atom stereocenters. The molecule has 3 nitrogen and oxygen atoms in total. The molecule has 0 N–H and O–H groups in total. The molecule has 0 bridgehead atoms. The lowest BCUT2D eigenvalue weighted by Crippen LogP contribution is -2.20. The highest BCUT2D eigenvalue weighted by Gasteiger charge is 2.15. The number of unbranched alkanes of at least 4 members (excludes halogenated alkanes) is 4. The van der Waals surface area contributed by atoms with Crippen molar-refractivity contribution in [3.8, 4) is 5.69 Å². The van der Waals surface area contributed by atoms with Crippen LogP contribution < -0.4 is 5.56 Å². The Morgan fingerprint density at radius 1 is 1.00 bits per heavy atom. The smallest absolute Gasteiger partial charge is 0.274 e. The van der Waals surface area contributed by atoms with Gasteiger partial charge in [0, 0.05) is 18.3 Å². The molecule has 0 radical (unpaired) electrons. The van der Waals surface area contributed by atoms with Gasteiger partial charge in [-0.3, -0.25) is 9.48 Å². The molecule has 1 aromatic carbocycles. The monoisotopic (exact) mass is 286 g/mol. The molecule has 3 heteroatoms. The van der Waals surface area contributed by atoms with Crippen LogP contribution in [0.25, 0.3) is 5.69 Å². The predicted octanol–water partition coefficient (Wildman–Crippen LogP) is 4.00. The Labute approximate surface area is 127 Å². The molecule has 0 saturated carbocycles. The molecule has 0 unspecified atom stereocenters. The first-order chi connectivity index (χ1) is 10.2.